The second kappa shape index (κ2) is 9.11. The van der Waals surface area contributed by atoms with Gasteiger partial charge in [-0.15, -0.1) is 0 Å². The quantitative estimate of drug-likeness (QED) is 0.456. The predicted molar refractivity (Wildman–Crippen MR) is 123 cm³/mol. The normalized spacial score (nSPS) is 12.6. The Morgan fingerprint density at radius 2 is 1.88 bits per heavy atom. The molecule has 2 aromatic heterocycles. The van der Waals surface area contributed by atoms with Crippen molar-refractivity contribution in [3.63, 3.8) is 0 Å². The van der Waals surface area contributed by atoms with Crippen molar-refractivity contribution in [2.75, 3.05) is 5.32 Å². The van der Waals surface area contributed by atoms with Gasteiger partial charge in [0.05, 0.1) is 10.2 Å². The number of rotatable bonds is 6. The van der Waals surface area contributed by atoms with Gasteiger partial charge in [0.15, 0.2) is 4.80 Å². The second-order valence-corrected chi connectivity index (χ2v) is 8.19. The number of fused-ring (bicyclic) bond motifs is 1. The number of hydrogen-bond donors (Lipinski definition) is 2. The van der Waals surface area contributed by atoms with Gasteiger partial charge < -0.3 is 15.0 Å². The first-order valence-corrected chi connectivity index (χ1v) is 10.9. The number of carbonyl (C=O) groups is 2. The standard InChI is InChI=1S/C23H21N5O3S/c1-3-17(21(30)31)28-18-10-9-16(26-22-24-11-4-12-25-22)13-19(18)32-23(28)27-20(29)15-7-5-14(2)6-8-15/h4-13,17H,3H2,1-2H3,(H,30,31)(H,24,25,26). The molecule has 2 N–H and O–H groups in total. The summed E-state index contributed by atoms with van der Waals surface area (Å²) in [7, 11) is 0. The number of hydrogen-bond acceptors (Lipinski definition) is 6. The zero-order valence-electron chi connectivity index (χ0n) is 17.5. The minimum atomic E-state index is -0.976. The second-order valence-electron chi connectivity index (χ2n) is 7.18. The Morgan fingerprint density at radius 1 is 1.16 bits per heavy atom. The SMILES string of the molecule is CCC(C(=O)O)n1c(=NC(=O)c2ccc(C)cc2)sc2cc(Nc3ncccn3)ccc21. The Bertz CT molecular complexity index is 1340. The van der Waals surface area contributed by atoms with E-state index in [-0.39, 0.29) is 0 Å². The third kappa shape index (κ3) is 4.42. The molecule has 1 unspecified atom stereocenters. The van der Waals surface area contributed by atoms with Gasteiger partial charge in [0.25, 0.3) is 5.91 Å². The number of aryl methyl sites for hydroxylation is 1. The van der Waals surface area contributed by atoms with E-state index in [1.54, 1.807) is 42.1 Å². The fraction of sp³-hybridized carbons (Fsp3) is 0.174. The number of carbonyl (C=O) groups excluding carboxylic acids is 1. The number of nitrogens with zero attached hydrogens (tertiary/aromatic N) is 4. The molecule has 0 bridgehead atoms. The molecule has 0 saturated carbocycles. The van der Waals surface area contributed by atoms with Crippen LogP contribution in [0.5, 0.6) is 0 Å². The van der Waals surface area contributed by atoms with Gasteiger partial charge in [0.2, 0.25) is 5.95 Å². The Labute approximate surface area is 187 Å². The molecule has 0 aliphatic carbocycles. The van der Waals surface area contributed by atoms with E-state index in [1.165, 1.54) is 11.3 Å². The third-order valence-corrected chi connectivity index (χ3v) is 5.95. The van der Waals surface area contributed by atoms with Crippen molar-refractivity contribution in [1.29, 1.82) is 0 Å². The van der Waals surface area contributed by atoms with Crippen molar-refractivity contribution in [2.45, 2.75) is 26.3 Å². The maximum atomic E-state index is 12.8. The van der Waals surface area contributed by atoms with Crippen LogP contribution in [0.4, 0.5) is 11.6 Å². The molecule has 1 amide bonds. The van der Waals surface area contributed by atoms with Crippen LogP contribution in [0.2, 0.25) is 0 Å². The molecule has 162 valence electrons. The van der Waals surface area contributed by atoms with Crippen molar-refractivity contribution < 1.29 is 14.7 Å². The lowest BCUT2D eigenvalue weighted by atomic mass is 10.1. The van der Waals surface area contributed by atoms with Gasteiger partial charge in [-0.1, -0.05) is 36.0 Å². The van der Waals surface area contributed by atoms with Crippen LogP contribution in [0.25, 0.3) is 10.2 Å². The Morgan fingerprint density at radius 3 is 2.53 bits per heavy atom. The van der Waals surface area contributed by atoms with Gasteiger partial charge in [-0.25, -0.2) is 14.8 Å². The summed E-state index contributed by atoms with van der Waals surface area (Å²) in [5.74, 6) is -0.939. The van der Waals surface area contributed by atoms with E-state index >= 15 is 0 Å². The highest BCUT2D eigenvalue weighted by atomic mass is 32.1. The van der Waals surface area contributed by atoms with Crippen LogP contribution in [-0.4, -0.2) is 31.5 Å². The summed E-state index contributed by atoms with van der Waals surface area (Å²) < 4.78 is 2.41. The number of thiazole rings is 1. The van der Waals surface area contributed by atoms with Crippen LogP contribution in [0.3, 0.4) is 0 Å². The minimum Gasteiger partial charge on any atom is -0.480 e. The van der Waals surface area contributed by atoms with Gasteiger partial charge in [-0.05, 0) is 49.7 Å². The average molecular weight is 448 g/mol. The fourth-order valence-corrected chi connectivity index (χ4v) is 4.42. The van der Waals surface area contributed by atoms with E-state index in [0.29, 0.717) is 28.3 Å². The summed E-state index contributed by atoms with van der Waals surface area (Å²) in [5, 5.41) is 12.9. The van der Waals surface area contributed by atoms with Crippen LogP contribution in [0.15, 0.2) is 65.9 Å². The molecule has 2 heterocycles. The lowest BCUT2D eigenvalue weighted by Gasteiger charge is -2.13. The first-order valence-electron chi connectivity index (χ1n) is 10.0. The summed E-state index contributed by atoms with van der Waals surface area (Å²) in [6.45, 7) is 3.74. The molecule has 0 spiro atoms. The van der Waals surface area contributed by atoms with Crippen LogP contribution in [0, 0.1) is 6.92 Å². The van der Waals surface area contributed by atoms with Crippen molar-refractivity contribution in [1.82, 2.24) is 14.5 Å². The summed E-state index contributed by atoms with van der Waals surface area (Å²) in [6, 6.07) is 13.5. The van der Waals surface area contributed by atoms with Crippen molar-refractivity contribution in [3.8, 4) is 0 Å². The number of anilines is 2. The van der Waals surface area contributed by atoms with E-state index in [0.717, 1.165) is 16.0 Å². The molecule has 0 saturated heterocycles. The lowest BCUT2D eigenvalue weighted by Crippen LogP contribution is -2.27. The van der Waals surface area contributed by atoms with Crippen molar-refractivity contribution in [2.24, 2.45) is 4.99 Å². The number of aliphatic carboxylic acids is 1. The molecule has 4 aromatic rings. The van der Waals surface area contributed by atoms with E-state index in [4.69, 9.17) is 0 Å². The van der Waals surface area contributed by atoms with E-state index in [1.807, 2.05) is 37.3 Å². The number of amides is 1. The molecule has 0 aliphatic rings. The summed E-state index contributed by atoms with van der Waals surface area (Å²) in [5.41, 5.74) is 2.93. The Kier molecular flexibility index (Phi) is 6.09. The molecule has 0 fully saturated rings. The minimum absolute atomic E-state index is 0.341. The molecule has 2 aromatic carbocycles. The van der Waals surface area contributed by atoms with Gasteiger partial charge in [0.1, 0.15) is 6.04 Å². The molecular weight excluding hydrogens is 426 g/mol. The highest BCUT2D eigenvalue weighted by Crippen LogP contribution is 2.27. The van der Waals surface area contributed by atoms with Crippen molar-refractivity contribution in [3.05, 3.63) is 76.9 Å². The molecule has 9 heteroatoms. The van der Waals surface area contributed by atoms with Gasteiger partial charge in [-0.2, -0.15) is 4.99 Å². The highest BCUT2D eigenvalue weighted by Gasteiger charge is 2.22. The monoisotopic (exact) mass is 447 g/mol. The maximum Gasteiger partial charge on any atom is 0.326 e. The van der Waals surface area contributed by atoms with Gasteiger partial charge in [-0.3, -0.25) is 4.79 Å². The Balaban J connectivity index is 1.83. The smallest absolute Gasteiger partial charge is 0.326 e. The first kappa shape index (κ1) is 21.4. The molecule has 8 nitrogen and oxygen atoms in total. The average Bonchev–Trinajstić information content (AvgIpc) is 3.12. The van der Waals surface area contributed by atoms with Crippen LogP contribution in [-0.2, 0) is 4.79 Å². The van der Waals surface area contributed by atoms with Crippen molar-refractivity contribution >= 4 is 45.1 Å². The van der Waals surface area contributed by atoms with E-state index in [2.05, 4.69) is 20.3 Å². The fourth-order valence-electron chi connectivity index (χ4n) is 3.31. The molecule has 0 aliphatic heterocycles. The number of aromatic nitrogens is 3. The molecule has 4 rings (SSSR count). The highest BCUT2D eigenvalue weighted by molar-refractivity contribution is 7.16. The number of nitrogens with one attached hydrogen (secondary N) is 1. The molecule has 1 atom stereocenters. The zero-order chi connectivity index (χ0) is 22.7. The van der Waals surface area contributed by atoms with E-state index in [9.17, 15) is 14.7 Å². The topological polar surface area (TPSA) is 109 Å². The van der Waals surface area contributed by atoms with Gasteiger partial charge in [0, 0.05) is 23.6 Å². The number of carboxylic acids is 1. The summed E-state index contributed by atoms with van der Waals surface area (Å²) >= 11 is 1.27. The van der Waals surface area contributed by atoms with Crippen LogP contribution >= 0.6 is 11.3 Å². The predicted octanol–water partition coefficient (Wildman–Crippen LogP) is 4.32. The molecular formula is C23H21N5O3S. The van der Waals surface area contributed by atoms with Gasteiger partial charge >= 0.3 is 5.97 Å². The number of carboxylic acid groups (broad SMARTS) is 1. The Hall–Kier alpha value is -3.85. The number of benzene rings is 2. The zero-order valence-corrected chi connectivity index (χ0v) is 18.3. The summed E-state index contributed by atoms with van der Waals surface area (Å²) in [4.78, 5) is 37.7. The first-order chi connectivity index (χ1) is 15.5. The van der Waals surface area contributed by atoms with Crippen LogP contribution in [0.1, 0.15) is 35.3 Å². The van der Waals surface area contributed by atoms with Crippen LogP contribution < -0.4 is 10.1 Å². The van der Waals surface area contributed by atoms with E-state index < -0.39 is 17.9 Å². The molecule has 0 radical (unpaired) electrons. The lowest BCUT2D eigenvalue weighted by molar-refractivity contribution is -0.140. The summed E-state index contributed by atoms with van der Waals surface area (Å²) in [6.07, 6.45) is 3.63. The molecule has 32 heavy (non-hydrogen) atoms. The largest absolute Gasteiger partial charge is 0.480 e. The third-order valence-electron chi connectivity index (χ3n) is 4.93. The maximum absolute atomic E-state index is 12.8.